The number of nitriles is 2. The second-order valence-corrected chi connectivity index (χ2v) is 20.7. The predicted molar refractivity (Wildman–Crippen MR) is 305 cm³/mol. The summed E-state index contributed by atoms with van der Waals surface area (Å²) in [5, 5.41) is 23.8. The van der Waals surface area contributed by atoms with E-state index in [1.54, 1.807) is 11.3 Å². The summed E-state index contributed by atoms with van der Waals surface area (Å²) < 4.78 is 0. The van der Waals surface area contributed by atoms with Crippen molar-refractivity contribution in [1.82, 2.24) is 9.97 Å². The fourth-order valence-corrected chi connectivity index (χ4v) is 14.4. The van der Waals surface area contributed by atoms with Crippen molar-refractivity contribution in [2.45, 2.75) is 10.8 Å². The van der Waals surface area contributed by atoms with Gasteiger partial charge in [-0.25, -0.2) is 9.97 Å². The van der Waals surface area contributed by atoms with Crippen LogP contribution in [-0.4, -0.2) is 9.97 Å². The third-order valence-corrected chi connectivity index (χ3v) is 17.3. The molecule has 0 spiro atoms. The summed E-state index contributed by atoms with van der Waals surface area (Å²) in [6.45, 7) is 0. The highest BCUT2D eigenvalue weighted by atomic mass is 32.1. The Morgan fingerprint density at radius 3 is 1.01 bits per heavy atom. The molecule has 0 fully saturated rings. The summed E-state index contributed by atoms with van der Waals surface area (Å²) in [7, 11) is 0. The molecule has 0 saturated carbocycles. The minimum Gasteiger partial charge on any atom is -0.242 e. The van der Waals surface area contributed by atoms with E-state index < -0.39 is 10.8 Å². The third-order valence-electron chi connectivity index (χ3n) is 16.1. The zero-order valence-electron chi connectivity index (χ0n) is 40.3. The molecule has 15 rings (SSSR count). The van der Waals surface area contributed by atoms with Crippen LogP contribution in [0.3, 0.4) is 0 Å². The Bertz CT molecular complexity index is 4230. The molecule has 11 aromatic carbocycles. The summed E-state index contributed by atoms with van der Waals surface area (Å²) in [5.41, 5.74) is 19.6. The summed E-state index contributed by atoms with van der Waals surface area (Å²) in [4.78, 5) is 13.8. The molecule has 0 aliphatic heterocycles. The molecule has 75 heavy (non-hydrogen) atoms. The van der Waals surface area contributed by atoms with Gasteiger partial charge in [-0.3, -0.25) is 0 Å². The van der Waals surface area contributed by atoms with Crippen LogP contribution in [0.15, 0.2) is 243 Å². The van der Waals surface area contributed by atoms with E-state index in [0.29, 0.717) is 11.1 Å². The van der Waals surface area contributed by atoms with E-state index in [2.05, 4.69) is 218 Å². The number of benzene rings is 11. The van der Waals surface area contributed by atoms with E-state index in [1.165, 1.54) is 66.8 Å². The van der Waals surface area contributed by atoms with Crippen molar-refractivity contribution in [2.75, 3.05) is 0 Å². The van der Waals surface area contributed by atoms with Gasteiger partial charge in [0.05, 0.1) is 54.9 Å². The lowest BCUT2D eigenvalue weighted by molar-refractivity contribution is 0.768. The maximum atomic E-state index is 10.2. The van der Waals surface area contributed by atoms with Crippen LogP contribution in [0, 0.1) is 22.7 Å². The van der Waals surface area contributed by atoms with Gasteiger partial charge in [0, 0.05) is 21.9 Å². The molecule has 0 atom stereocenters. The molecule has 2 aliphatic carbocycles. The van der Waals surface area contributed by atoms with Gasteiger partial charge in [-0.15, -0.1) is 11.3 Å². The minimum absolute atomic E-state index is 0.539. The highest BCUT2D eigenvalue weighted by Gasteiger charge is 2.49. The molecule has 0 N–H and O–H groups in total. The van der Waals surface area contributed by atoms with E-state index in [1.807, 2.05) is 36.4 Å². The SMILES string of the molecule is N#Cc1ccc2c(c1)c1cc(C#N)ccc1c1nc3c(-c4cccc5c4-c4ccccc4C5(c4ccccc4)c4ccccc4)sc(-c4cccc5c4-c4ccccc4C5(c4ccccc4)c4ccccc4)c3nc21. The number of aromatic nitrogens is 2. The quantitative estimate of drug-likeness (QED) is 0.156. The average molecular weight is 969 g/mol. The Hall–Kier alpha value is -9.78. The molecule has 346 valence electrons. The first kappa shape index (κ1) is 42.9. The first-order valence-corrected chi connectivity index (χ1v) is 26.1. The largest absolute Gasteiger partial charge is 0.242 e. The lowest BCUT2D eigenvalue weighted by Gasteiger charge is -2.34. The Kier molecular flexibility index (Phi) is 9.35. The second-order valence-electron chi connectivity index (χ2n) is 19.6. The summed E-state index contributed by atoms with van der Waals surface area (Å²) in [6.07, 6.45) is 0. The van der Waals surface area contributed by atoms with Gasteiger partial charge in [0.25, 0.3) is 0 Å². The van der Waals surface area contributed by atoms with E-state index in [9.17, 15) is 10.5 Å². The van der Waals surface area contributed by atoms with Crippen LogP contribution in [0.2, 0.25) is 0 Å². The van der Waals surface area contributed by atoms with Gasteiger partial charge in [0.1, 0.15) is 11.0 Å². The maximum Gasteiger partial charge on any atom is 0.109 e. The van der Waals surface area contributed by atoms with Crippen LogP contribution in [-0.2, 0) is 10.8 Å². The lowest BCUT2D eigenvalue weighted by Crippen LogP contribution is -2.28. The number of hydrogen-bond donors (Lipinski definition) is 0. The van der Waals surface area contributed by atoms with Gasteiger partial charge in [-0.05, 0) is 102 Å². The first-order valence-electron chi connectivity index (χ1n) is 25.3. The second kappa shape index (κ2) is 16.4. The van der Waals surface area contributed by atoms with Gasteiger partial charge in [0.2, 0.25) is 0 Å². The highest BCUT2D eigenvalue weighted by Crippen LogP contribution is 2.62. The molecule has 0 bridgehead atoms. The van der Waals surface area contributed by atoms with Gasteiger partial charge >= 0.3 is 0 Å². The molecule has 2 aliphatic rings. The highest BCUT2D eigenvalue weighted by molar-refractivity contribution is 7.21. The monoisotopic (exact) mass is 968 g/mol. The molecule has 4 nitrogen and oxygen atoms in total. The maximum absolute atomic E-state index is 10.2. The fourth-order valence-electron chi connectivity index (χ4n) is 13.1. The molecular formula is C70H40N4S. The molecule has 5 heteroatoms. The molecule has 13 aromatic rings. The third kappa shape index (κ3) is 5.85. The van der Waals surface area contributed by atoms with Crippen molar-refractivity contribution in [3.63, 3.8) is 0 Å². The Balaban J connectivity index is 1.10. The van der Waals surface area contributed by atoms with Crippen molar-refractivity contribution in [2.24, 2.45) is 0 Å². The van der Waals surface area contributed by atoms with Crippen molar-refractivity contribution in [1.29, 1.82) is 10.5 Å². The number of thiophene rings is 1. The molecular weight excluding hydrogens is 929 g/mol. The van der Waals surface area contributed by atoms with Crippen LogP contribution in [0.25, 0.3) is 86.7 Å². The normalized spacial score (nSPS) is 13.5. The van der Waals surface area contributed by atoms with Crippen LogP contribution in [0.5, 0.6) is 0 Å². The van der Waals surface area contributed by atoms with Crippen LogP contribution >= 0.6 is 11.3 Å². The van der Waals surface area contributed by atoms with Gasteiger partial charge in [-0.1, -0.05) is 218 Å². The molecule has 2 heterocycles. The Morgan fingerprint density at radius 2 is 0.640 bits per heavy atom. The van der Waals surface area contributed by atoms with Crippen LogP contribution < -0.4 is 0 Å². The molecule has 0 saturated heterocycles. The topological polar surface area (TPSA) is 73.4 Å². The minimum atomic E-state index is -0.600. The number of nitrogens with zero attached hydrogens (tertiary/aromatic N) is 4. The Labute approximate surface area is 437 Å². The van der Waals surface area contributed by atoms with Crippen LogP contribution in [0.1, 0.15) is 55.6 Å². The van der Waals surface area contributed by atoms with E-state index >= 15 is 0 Å². The molecule has 0 amide bonds. The summed E-state index contributed by atoms with van der Waals surface area (Å²) in [6, 6.07) is 91.6. The van der Waals surface area contributed by atoms with Gasteiger partial charge in [-0.2, -0.15) is 10.5 Å². The number of hydrogen-bond acceptors (Lipinski definition) is 5. The smallest absolute Gasteiger partial charge is 0.109 e. The van der Waals surface area contributed by atoms with Crippen molar-refractivity contribution < 1.29 is 0 Å². The van der Waals surface area contributed by atoms with E-state index in [4.69, 9.17) is 9.97 Å². The van der Waals surface area contributed by atoms with Crippen LogP contribution in [0.4, 0.5) is 0 Å². The standard InChI is InChI=1S/C70H40N4S/c71-41-43-35-37-49-55(39-43)56-40-44(42-72)36-38-50(56)64-63(49)73-65-66(74-64)68(54-30-18-34-60-62(54)52-28-14-16-32-58(52)70(60,47-23-9-3-10-24-47)48-25-11-4-12-26-48)75-67(65)53-29-17-33-59-61(53)51-27-13-15-31-57(51)69(59,45-19-5-1-6-20-45)46-21-7-2-8-22-46/h1-40H. The van der Waals surface area contributed by atoms with Gasteiger partial charge in [0.15, 0.2) is 0 Å². The Morgan fingerprint density at radius 1 is 0.307 bits per heavy atom. The zero-order valence-corrected chi connectivity index (χ0v) is 41.1. The van der Waals surface area contributed by atoms with Crippen molar-refractivity contribution >= 4 is 54.9 Å². The summed E-state index contributed by atoms with van der Waals surface area (Å²) in [5.74, 6) is 0. The molecule has 0 unspecified atom stereocenters. The lowest BCUT2D eigenvalue weighted by atomic mass is 9.67. The zero-order chi connectivity index (χ0) is 49.8. The van der Waals surface area contributed by atoms with E-state index in [-0.39, 0.29) is 0 Å². The molecule has 0 radical (unpaired) electrons. The van der Waals surface area contributed by atoms with Gasteiger partial charge < -0.3 is 0 Å². The predicted octanol–water partition coefficient (Wildman–Crippen LogP) is 17.0. The van der Waals surface area contributed by atoms with Crippen molar-refractivity contribution in [3.8, 4) is 55.3 Å². The fraction of sp³-hybridized carbons (Fsp3) is 0.0286. The van der Waals surface area contributed by atoms with E-state index in [0.717, 1.165) is 64.5 Å². The average Bonchev–Trinajstić information content (AvgIpc) is 4.14. The summed E-state index contributed by atoms with van der Waals surface area (Å²) >= 11 is 1.77. The van der Waals surface area contributed by atoms with Crippen molar-refractivity contribution in [3.05, 3.63) is 298 Å². The molecule has 2 aromatic heterocycles. The first-order chi connectivity index (χ1) is 37.1. The number of rotatable bonds is 6. The number of fused-ring (bicyclic) bond motifs is 13.